The Morgan fingerprint density at radius 3 is 2.41 bits per heavy atom. The number of nitrogens with one attached hydrogen (secondary N) is 1. The van der Waals surface area contributed by atoms with E-state index in [1.807, 2.05) is 19.2 Å². The van der Waals surface area contributed by atoms with Gasteiger partial charge in [-0.2, -0.15) is 13.2 Å². The first-order valence-corrected chi connectivity index (χ1v) is 6.89. The number of hydrogen-bond donors (Lipinski definition) is 1. The number of ether oxygens (including phenoxy) is 1. The molecule has 1 atom stereocenters. The molecule has 0 saturated heterocycles. The van der Waals surface area contributed by atoms with E-state index in [2.05, 4.69) is 0 Å². The number of amides is 1. The van der Waals surface area contributed by atoms with Crippen molar-refractivity contribution in [1.82, 2.24) is 0 Å². The van der Waals surface area contributed by atoms with E-state index in [-0.39, 0.29) is 11.8 Å². The molecule has 0 unspecified atom stereocenters. The number of anilines is 1. The van der Waals surface area contributed by atoms with Crippen LogP contribution in [0.1, 0.15) is 20.3 Å². The zero-order valence-electron chi connectivity index (χ0n) is 12.2. The van der Waals surface area contributed by atoms with Gasteiger partial charge in [0.05, 0.1) is 6.10 Å². The van der Waals surface area contributed by atoms with Crippen molar-refractivity contribution < 1.29 is 22.7 Å². The Morgan fingerprint density at radius 1 is 1.18 bits per heavy atom. The first kappa shape index (κ1) is 16.1. The van der Waals surface area contributed by atoms with Crippen LogP contribution in [0.25, 0.3) is 10.8 Å². The number of benzene rings is 2. The summed E-state index contributed by atoms with van der Waals surface area (Å²) < 4.78 is 43.0. The van der Waals surface area contributed by atoms with E-state index in [9.17, 15) is 18.0 Å². The molecule has 1 amide bonds. The fraction of sp³-hybridized carbons (Fsp3) is 0.312. The molecule has 2 aromatic rings. The summed E-state index contributed by atoms with van der Waals surface area (Å²) in [6.07, 6.45) is -4.13. The molecule has 0 aliphatic rings. The summed E-state index contributed by atoms with van der Waals surface area (Å²) in [5, 5.41) is 3.06. The largest absolute Gasteiger partial charge is 0.490 e. The van der Waals surface area contributed by atoms with Crippen molar-refractivity contribution >= 4 is 22.4 Å². The van der Waals surface area contributed by atoms with Crippen LogP contribution in [0.2, 0.25) is 0 Å². The molecule has 118 valence electrons. The summed E-state index contributed by atoms with van der Waals surface area (Å²) in [7, 11) is 0. The quantitative estimate of drug-likeness (QED) is 0.901. The lowest BCUT2D eigenvalue weighted by atomic mass is 10.1. The SMILES string of the molecule is CC[C@H](C)Oc1ccc(NC(=O)C(F)(F)F)c2ccccc12. The Hall–Kier alpha value is -2.24. The summed E-state index contributed by atoms with van der Waals surface area (Å²) in [6.45, 7) is 3.89. The number of halogens is 3. The third kappa shape index (κ3) is 3.50. The van der Waals surface area contributed by atoms with Crippen molar-refractivity contribution in [3.63, 3.8) is 0 Å². The van der Waals surface area contributed by atoms with Crippen LogP contribution in [0.15, 0.2) is 36.4 Å². The number of alkyl halides is 3. The average molecular weight is 311 g/mol. The third-order valence-electron chi connectivity index (χ3n) is 3.29. The highest BCUT2D eigenvalue weighted by Gasteiger charge is 2.38. The van der Waals surface area contributed by atoms with Crippen molar-refractivity contribution in [3.8, 4) is 5.75 Å². The van der Waals surface area contributed by atoms with E-state index >= 15 is 0 Å². The van der Waals surface area contributed by atoms with Gasteiger partial charge in [0, 0.05) is 16.5 Å². The van der Waals surface area contributed by atoms with E-state index in [1.54, 1.807) is 30.3 Å². The van der Waals surface area contributed by atoms with Gasteiger partial charge in [-0.25, -0.2) is 0 Å². The lowest BCUT2D eigenvalue weighted by Crippen LogP contribution is -2.30. The van der Waals surface area contributed by atoms with Gasteiger partial charge in [-0.1, -0.05) is 31.2 Å². The van der Waals surface area contributed by atoms with Crippen molar-refractivity contribution in [2.45, 2.75) is 32.5 Å². The summed E-state index contributed by atoms with van der Waals surface area (Å²) in [6, 6.07) is 9.84. The monoisotopic (exact) mass is 311 g/mol. The molecule has 0 fully saturated rings. The molecule has 0 radical (unpaired) electrons. The van der Waals surface area contributed by atoms with Crippen molar-refractivity contribution in [2.24, 2.45) is 0 Å². The number of rotatable bonds is 4. The molecule has 0 aromatic heterocycles. The molecule has 0 spiro atoms. The Kier molecular flexibility index (Phi) is 4.59. The van der Waals surface area contributed by atoms with E-state index in [0.717, 1.165) is 6.42 Å². The van der Waals surface area contributed by atoms with Crippen LogP contribution in [0.3, 0.4) is 0 Å². The maximum atomic E-state index is 12.4. The lowest BCUT2D eigenvalue weighted by molar-refractivity contribution is -0.167. The Labute approximate surface area is 126 Å². The van der Waals surface area contributed by atoms with E-state index in [1.165, 1.54) is 6.07 Å². The summed E-state index contributed by atoms with van der Waals surface area (Å²) in [4.78, 5) is 11.1. The first-order chi connectivity index (χ1) is 10.3. The Bertz CT molecular complexity index is 683. The molecule has 0 saturated carbocycles. The van der Waals surface area contributed by atoms with Gasteiger partial charge in [-0.3, -0.25) is 4.79 Å². The second-order valence-electron chi connectivity index (χ2n) is 4.95. The van der Waals surface area contributed by atoms with Crippen LogP contribution < -0.4 is 10.1 Å². The lowest BCUT2D eigenvalue weighted by Gasteiger charge is -2.17. The molecule has 3 nitrogen and oxygen atoms in total. The fourth-order valence-electron chi connectivity index (χ4n) is 1.98. The molecule has 0 heterocycles. The zero-order chi connectivity index (χ0) is 16.3. The van der Waals surface area contributed by atoms with Gasteiger partial charge in [0.15, 0.2) is 0 Å². The maximum absolute atomic E-state index is 12.4. The van der Waals surface area contributed by atoms with Gasteiger partial charge >= 0.3 is 12.1 Å². The number of hydrogen-bond acceptors (Lipinski definition) is 2. The van der Waals surface area contributed by atoms with Crippen LogP contribution in [-0.2, 0) is 4.79 Å². The molecule has 0 aliphatic carbocycles. The molecule has 1 N–H and O–H groups in total. The minimum absolute atomic E-state index is 0.0148. The maximum Gasteiger partial charge on any atom is 0.471 e. The van der Waals surface area contributed by atoms with E-state index in [0.29, 0.717) is 16.5 Å². The zero-order valence-corrected chi connectivity index (χ0v) is 12.2. The standard InChI is InChI=1S/C16H16F3NO2/c1-3-10(2)22-14-9-8-13(20-15(21)16(17,18)19)11-6-4-5-7-12(11)14/h4-10H,3H2,1-2H3,(H,20,21)/t10-/m0/s1. The molecule has 2 aromatic carbocycles. The van der Waals surface area contributed by atoms with Crippen molar-refractivity contribution in [3.05, 3.63) is 36.4 Å². The number of carbonyl (C=O) groups is 1. The van der Waals surface area contributed by atoms with Crippen molar-refractivity contribution in [2.75, 3.05) is 5.32 Å². The summed E-state index contributed by atoms with van der Waals surface area (Å²) >= 11 is 0. The highest BCUT2D eigenvalue weighted by atomic mass is 19.4. The van der Waals surface area contributed by atoms with E-state index in [4.69, 9.17) is 4.74 Å². The summed E-state index contributed by atoms with van der Waals surface area (Å²) in [5.74, 6) is -1.41. The average Bonchev–Trinajstić information content (AvgIpc) is 2.48. The van der Waals surface area contributed by atoms with Crippen LogP contribution in [0.4, 0.5) is 18.9 Å². The van der Waals surface area contributed by atoms with Crippen LogP contribution >= 0.6 is 0 Å². The second kappa shape index (κ2) is 6.25. The molecule has 0 aliphatic heterocycles. The van der Waals surface area contributed by atoms with Crippen LogP contribution in [0, 0.1) is 0 Å². The van der Waals surface area contributed by atoms with Crippen LogP contribution in [0.5, 0.6) is 5.75 Å². The summed E-state index contributed by atoms with van der Waals surface area (Å²) in [5.41, 5.74) is 0.106. The van der Waals surface area contributed by atoms with Gasteiger partial charge < -0.3 is 10.1 Å². The normalized spacial score (nSPS) is 13.0. The minimum Gasteiger partial charge on any atom is -0.490 e. The highest BCUT2D eigenvalue weighted by molar-refractivity contribution is 6.05. The number of carbonyl (C=O) groups excluding carboxylic acids is 1. The van der Waals surface area contributed by atoms with Gasteiger partial charge in [0.25, 0.3) is 0 Å². The van der Waals surface area contributed by atoms with Gasteiger partial charge in [-0.15, -0.1) is 0 Å². The van der Waals surface area contributed by atoms with Gasteiger partial charge in [0.2, 0.25) is 0 Å². The van der Waals surface area contributed by atoms with Crippen LogP contribution in [-0.4, -0.2) is 18.2 Å². The van der Waals surface area contributed by atoms with Gasteiger partial charge in [0.1, 0.15) is 5.75 Å². The minimum atomic E-state index is -4.92. The number of fused-ring (bicyclic) bond motifs is 1. The fourth-order valence-corrected chi connectivity index (χ4v) is 1.98. The van der Waals surface area contributed by atoms with Crippen molar-refractivity contribution in [1.29, 1.82) is 0 Å². The second-order valence-corrected chi connectivity index (χ2v) is 4.95. The highest BCUT2D eigenvalue weighted by Crippen LogP contribution is 2.33. The Balaban J connectivity index is 2.42. The molecule has 22 heavy (non-hydrogen) atoms. The molecule has 0 bridgehead atoms. The molecule has 2 rings (SSSR count). The smallest absolute Gasteiger partial charge is 0.471 e. The first-order valence-electron chi connectivity index (χ1n) is 6.89. The molecular weight excluding hydrogens is 295 g/mol. The topological polar surface area (TPSA) is 38.3 Å². The molecular formula is C16H16F3NO2. The predicted molar refractivity (Wildman–Crippen MR) is 79.0 cm³/mol. The third-order valence-corrected chi connectivity index (χ3v) is 3.29. The predicted octanol–water partition coefficient (Wildman–Crippen LogP) is 4.52. The molecule has 6 heteroatoms. The van der Waals surface area contributed by atoms with E-state index < -0.39 is 12.1 Å². The van der Waals surface area contributed by atoms with Gasteiger partial charge in [-0.05, 0) is 25.5 Å². The Morgan fingerprint density at radius 2 is 1.82 bits per heavy atom.